The van der Waals surface area contributed by atoms with Crippen molar-refractivity contribution in [1.82, 2.24) is 5.16 Å². The summed E-state index contributed by atoms with van der Waals surface area (Å²) in [7, 11) is 0. The minimum absolute atomic E-state index is 0.0300. The van der Waals surface area contributed by atoms with Crippen molar-refractivity contribution < 1.29 is 9.32 Å². The van der Waals surface area contributed by atoms with Crippen molar-refractivity contribution in [2.24, 2.45) is 5.92 Å². The summed E-state index contributed by atoms with van der Waals surface area (Å²) in [5, 5.41) is 6.69. The number of carbonyl (C=O) groups is 1. The highest BCUT2D eigenvalue weighted by molar-refractivity contribution is 6.18. The van der Waals surface area contributed by atoms with Gasteiger partial charge < -0.3 is 9.84 Å². The number of nitrogens with one attached hydrogen (secondary N) is 1. The number of hydrogen-bond acceptors (Lipinski definition) is 3. The Bertz CT molecular complexity index is 413. The molecule has 1 atom stereocenters. The summed E-state index contributed by atoms with van der Waals surface area (Å²) in [6.07, 6.45) is 2.59. The Labute approximate surface area is 119 Å². The number of nitrogens with zero attached hydrogens (tertiary/aromatic N) is 1. The highest BCUT2D eigenvalue weighted by Gasteiger charge is 2.27. The van der Waals surface area contributed by atoms with Gasteiger partial charge in [-0.3, -0.25) is 4.79 Å². The number of anilines is 1. The molecule has 4 nitrogen and oxygen atoms in total. The molecule has 1 N–H and O–H groups in total. The molecule has 0 saturated heterocycles. The molecular weight excluding hydrogens is 264 g/mol. The van der Waals surface area contributed by atoms with Gasteiger partial charge in [0.2, 0.25) is 5.91 Å². The maximum atomic E-state index is 11.8. The third-order valence-corrected chi connectivity index (χ3v) is 4.12. The number of rotatable bonds is 7. The first kappa shape index (κ1) is 16.0. The summed E-state index contributed by atoms with van der Waals surface area (Å²) in [4.78, 5) is 11.8. The molecule has 1 amide bonds. The zero-order chi connectivity index (χ0) is 14.5. The summed E-state index contributed by atoms with van der Waals surface area (Å²) in [6.45, 7) is 8.22. The van der Waals surface area contributed by atoms with E-state index in [0.29, 0.717) is 18.1 Å². The van der Waals surface area contributed by atoms with E-state index in [1.807, 2.05) is 13.0 Å². The number of aromatic nitrogens is 1. The van der Waals surface area contributed by atoms with Crippen molar-refractivity contribution in [1.29, 1.82) is 0 Å². The van der Waals surface area contributed by atoms with Gasteiger partial charge in [-0.15, -0.1) is 11.6 Å². The molecule has 0 aliphatic heterocycles. The molecule has 5 heteroatoms. The van der Waals surface area contributed by atoms with Crippen molar-refractivity contribution in [2.45, 2.75) is 52.4 Å². The molecule has 0 radical (unpaired) electrons. The van der Waals surface area contributed by atoms with E-state index in [1.165, 1.54) is 0 Å². The van der Waals surface area contributed by atoms with Gasteiger partial charge in [-0.05, 0) is 19.3 Å². The first-order valence-corrected chi connectivity index (χ1v) is 7.34. The van der Waals surface area contributed by atoms with Crippen LogP contribution < -0.4 is 5.32 Å². The van der Waals surface area contributed by atoms with E-state index in [4.69, 9.17) is 16.1 Å². The smallest absolute Gasteiger partial charge is 0.228 e. The van der Waals surface area contributed by atoms with Gasteiger partial charge in [0, 0.05) is 23.3 Å². The number of halogens is 1. The van der Waals surface area contributed by atoms with E-state index in [0.717, 1.165) is 18.6 Å². The van der Waals surface area contributed by atoms with Gasteiger partial charge in [-0.25, -0.2) is 0 Å². The van der Waals surface area contributed by atoms with Crippen LogP contribution in [0, 0.1) is 5.92 Å². The average molecular weight is 287 g/mol. The van der Waals surface area contributed by atoms with Crippen LogP contribution in [-0.4, -0.2) is 16.9 Å². The van der Waals surface area contributed by atoms with E-state index in [9.17, 15) is 4.79 Å². The third-order valence-electron chi connectivity index (χ3n) is 3.91. The molecule has 1 heterocycles. The molecule has 1 rings (SSSR count). The second-order valence-electron chi connectivity index (χ2n) is 5.21. The molecule has 0 aliphatic rings. The van der Waals surface area contributed by atoms with Crippen molar-refractivity contribution in [3.05, 3.63) is 11.8 Å². The Balaban J connectivity index is 2.73. The summed E-state index contributed by atoms with van der Waals surface area (Å²) in [5.74, 6) is 1.58. The Kier molecular flexibility index (Phi) is 5.85. The lowest BCUT2D eigenvalue weighted by atomic mass is 9.82. The van der Waals surface area contributed by atoms with Crippen molar-refractivity contribution in [3.8, 4) is 0 Å². The van der Waals surface area contributed by atoms with Gasteiger partial charge in [0.25, 0.3) is 0 Å². The predicted molar refractivity (Wildman–Crippen MR) is 77.6 cm³/mol. The molecule has 1 aromatic rings. The van der Waals surface area contributed by atoms with Crippen LogP contribution in [-0.2, 0) is 10.2 Å². The topological polar surface area (TPSA) is 55.1 Å². The van der Waals surface area contributed by atoms with E-state index >= 15 is 0 Å². The van der Waals surface area contributed by atoms with Gasteiger partial charge in [0.15, 0.2) is 5.82 Å². The molecule has 0 fully saturated rings. The largest absolute Gasteiger partial charge is 0.359 e. The van der Waals surface area contributed by atoms with Crippen LogP contribution >= 0.6 is 11.6 Å². The van der Waals surface area contributed by atoms with Crippen LogP contribution in [0.2, 0.25) is 0 Å². The maximum absolute atomic E-state index is 11.8. The molecule has 1 aromatic heterocycles. The highest BCUT2D eigenvalue weighted by Crippen LogP contribution is 2.32. The lowest BCUT2D eigenvalue weighted by molar-refractivity contribution is -0.119. The second kappa shape index (κ2) is 6.94. The molecular formula is C14H23ClN2O2. The lowest BCUT2D eigenvalue weighted by Crippen LogP contribution is -2.21. The van der Waals surface area contributed by atoms with Gasteiger partial charge in [-0.1, -0.05) is 32.9 Å². The first-order chi connectivity index (χ1) is 8.96. The van der Waals surface area contributed by atoms with E-state index in [1.54, 1.807) is 0 Å². The Morgan fingerprint density at radius 1 is 1.53 bits per heavy atom. The van der Waals surface area contributed by atoms with Gasteiger partial charge >= 0.3 is 0 Å². The highest BCUT2D eigenvalue weighted by atomic mass is 35.5. The van der Waals surface area contributed by atoms with Crippen LogP contribution in [0.25, 0.3) is 0 Å². The standard InChI is InChI=1S/C14H23ClN2O2/c1-5-14(4,6-2)11-9-12(17-19-11)16-13(18)10(3)7-8-15/h9-10H,5-8H2,1-4H3,(H,16,17,18). The van der Waals surface area contributed by atoms with Crippen LogP contribution in [0.15, 0.2) is 10.6 Å². The first-order valence-electron chi connectivity index (χ1n) is 6.80. The maximum Gasteiger partial charge on any atom is 0.228 e. The monoisotopic (exact) mass is 286 g/mol. The Hall–Kier alpha value is -1.03. The molecule has 0 aromatic carbocycles. The fourth-order valence-electron chi connectivity index (χ4n) is 1.76. The minimum Gasteiger partial charge on any atom is -0.359 e. The molecule has 0 bridgehead atoms. The number of carbonyl (C=O) groups excluding carboxylic acids is 1. The Morgan fingerprint density at radius 3 is 2.68 bits per heavy atom. The van der Waals surface area contributed by atoms with Crippen molar-refractivity contribution in [2.75, 3.05) is 11.2 Å². The number of amides is 1. The van der Waals surface area contributed by atoms with Crippen molar-refractivity contribution in [3.63, 3.8) is 0 Å². The van der Waals surface area contributed by atoms with Gasteiger partial charge in [0.1, 0.15) is 5.76 Å². The zero-order valence-corrected chi connectivity index (χ0v) is 12.9. The molecule has 0 saturated carbocycles. The van der Waals surface area contributed by atoms with Crippen LogP contribution in [0.4, 0.5) is 5.82 Å². The Morgan fingerprint density at radius 2 is 2.16 bits per heavy atom. The molecule has 19 heavy (non-hydrogen) atoms. The molecule has 0 spiro atoms. The summed E-state index contributed by atoms with van der Waals surface area (Å²) < 4.78 is 5.36. The number of hydrogen-bond donors (Lipinski definition) is 1. The van der Waals surface area contributed by atoms with Crippen LogP contribution in [0.3, 0.4) is 0 Å². The summed E-state index contributed by atoms with van der Waals surface area (Å²) >= 11 is 5.63. The molecule has 1 unspecified atom stereocenters. The molecule has 0 aliphatic carbocycles. The lowest BCUT2D eigenvalue weighted by Gasteiger charge is -2.22. The van der Waals surface area contributed by atoms with E-state index in [2.05, 4.69) is 31.2 Å². The minimum atomic E-state index is -0.124. The summed E-state index contributed by atoms with van der Waals surface area (Å²) in [6, 6.07) is 1.82. The summed E-state index contributed by atoms with van der Waals surface area (Å²) in [5.41, 5.74) is -0.0300. The van der Waals surface area contributed by atoms with Gasteiger partial charge in [-0.2, -0.15) is 0 Å². The fourth-order valence-corrected chi connectivity index (χ4v) is 2.09. The third kappa shape index (κ3) is 3.96. The van der Waals surface area contributed by atoms with Gasteiger partial charge in [0.05, 0.1) is 0 Å². The van der Waals surface area contributed by atoms with Crippen molar-refractivity contribution >= 4 is 23.3 Å². The zero-order valence-electron chi connectivity index (χ0n) is 12.1. The van der Waals surface area contributed by atoms with Crippen LogP contribution in [0.5, 0.6) is 0 Å². The molecule has 108 valence electrons. The van der Waals surface area contributed by atoms with Crippen LogP contribution in [0.1, 0.15) is 52.7 Å². The fraction of sp³-hybridized carbons (Fsp3) is 0.714. The van der Waals surface area contributed by atoms with E-state index in [-0.39, 0.29) is 17.2 Å². The van der Waals surface area contributed by atoms with E-state index < -0.39 is 0 Å². The second-order valence-corrected chi connectivity index (χ2v) is 5.59. The predicted octanol–water partition coefficient (Wildman–Crippen LogP) is 3.96. The number of alkyl halides is 1. The average Bonchev–Trinajstić information content (AvgIpc) is 2.87. The SMILES string of the molecule is CCC(C)(CC)c1cc(NC(=O)C(C)CCCl)no1. The normalized spacial score (nSPS) is 13.3. The quantitative estimate of drug-likeness (QED) is 0.772.